The lowest BCUT2D eigenvalue weighted by atomic mass is 10.00. The second-order valence-corrected chi connectivity index (χ2v) is 4.39. The number of hydrogen-bond donors (Lipinski definition) is 2. The first kappa shape index (κ1) is 12.3. The van der Waals surface area contributed by atoms with Gasteiger partial charge in [0.25, 0.3) is 5.91 Å². The highest BCUT2D eigenvalue weighted by Gasteiger charge is 2.14. The summed E-state index contributed by atoms with van der Waals surface area (Å²) in [5, 5.41) is 9.10. The van der Waals surface area contributed by atoms with Crippen molar-refractivity contribution in [2.45, 2.75) is 26.8 Å². The van der Waals surface area contributed by atoms with Gasteiger partial charge in [0.2, 0.25) is 5.82 Å². The Hall–Kier alpha value is -2.17. The van der Waals surface area contributed by atoms with Gasteiger partial charge in [-0.2, -0.15) is 5.10 Å². The third kappa shape index (κ3) is 2.56. The molecule has 0 fully saturated rings. The van der Waals surface area contributed by atoms with Crippen molar-refractivity contribution in [1.82, 2.24) is 20.5 Å². The molecule has 1 atom stereocenters. The Morgan fingerprint density at radius 2 is 2.17 bits per heavy atom. The maximum absolute atomic E-state index is 11.8. The van der Waals surface area contributed by atoms with E-state index in [0.717, 1.165) is 11.1 Å². The molecule has 0 bridgehead atoms. The predicted octanol–water partition coefficient (Wildman–Crippen LogP) is 1.91. The van der Waals surface area contributed by atoms with E-state index in [1.54, 1.807) is 0 Å². The van der Waals surface area contributed by atoms with E-state index in [1.807, 2.05) is 20.8 Å². The topological polar surface area (TPSA) is 70.7 Å². The third-order valence-corrected chi connectivity index (χ3v) is 2.88. The van der Waals surface area contributed by atoms with Crippen LogP contribution in [0.3, 0.4) is 0 Å². The summed E-state index contributed by atoms with van der Waals surface area (Å²) in [6.45, 7) is 6.02. The van der Waals surface area contributed by atoms with Crippen molar-refractivity contribution >= 4 is 5.91 Å². The number of nitrogens with one attached hydrogen (secondary N) is 2. The lowest BCUT2D eigenvalue weighted by Gasteiger charge is -2.16. The summed E-state index contributed by atoms with van der Waals surface area (Å²) in [6.07, 6.45) is 1.32. The van der Waals surface area contributed by atoms with E-state index in [1.165, 1.54) is 11.9 Å². The molecule has 1 aromatic carbocycles. The molecule has 5 heteroatoms. The zero-order valence-corrected chi connectivity index (χ0v) is 10.7. The number of aryl methyl sites for hydroxylation is 2. The van der Waals surface area contributed by atoms with Crippen LogP contribution in [0.15, 0.2) is 24.5 Å². The summed E-state index contributed by atoms with van der Waals surface area (Å²) < 4.78 is 0. The van der Waals surface area contributed by atoms with Crippen LogP contribution in [0.1, 0.15) is 40.3 Å². The summed E-state index contributed by atoms with van der Waals surface area (Å²) >= 11 is 0. The largest absolute Gasteiger partial charge is 0.343 e. The summed E-state index contributed by atoms with van der Waals surface area (Å²) in [5.41, 5.74) is 3.45. The predicted molar refractivity (Wildman–Crippen MR) is 68.2 cm³/mol. The van der Waals surface area contributed by atoms with E-state index >= 15 is 0 Å². The second-order valence-electron chi connectivity index (χ2n) is 4.39. The number of amides is 1. The molecule has 1 heterocycles. The maximum atomic E-state index is 11.8. The molecular weight excluding hydrogens is 228 g/mol. The average Bonchev–Trinajstić information content (AvgIpc) is 2.85. The lowest BCUT2D eigenvalue weighted by molar-refractivity contribution is 0.0929. The van der Waals surface area contributed by atoms with Gasteiger partial charge in [-0.05, 0) is 31.9 Å². The molecule has 94 valence electrons. The van der Waals surface area contributed by atoms with E-state index in [4.69, 9.17) is 0 Å². The van der Waals surface area contributed by atoms with E-state index in [2.05, 4.69) is 38.7 Å². The highest BCUT2D eigenvalue weighted by Crippen LogP contribution is 2.18. The van der Waals surface area contributed by atoms with Gasteiger partial charge >= 0.3 is 0 Å². The fourth-order valence-corrected chi connectivity index (χ4v) is 1.88. The molecule has 0 spiro atoms. The Labute approximate surface area is 106 Å². The van der Waals surface area contributed by atoms with Crippen LogP contribution in [0.2, 0.25) is 0 Å². The molecule has 1 aromatic heterocycles. The normalized spacial score (nSPS) is 12.2. The minimum atomic E-state index is -0.249. The van der Waals surface area contributed by atoms with Crippen molar-refractivity contribution in [2.24, 2.45) is 0 Å². The van der Waals surface area contributed by atoms with E-state index in [-0.39, 0.29) is 17.8 Å². The van der Waals surface area contributed by atoms with Crippen molar-refractivity contribution in [3.8, 4) is 0 Å². The van der Waals surface area contributed by atoms with Crippen LogP contribution in [-0.2, 0) is 0 Å². The van der Waals surface area contributed by atoms with Gasteiger partial charge in [-0.15, -0.1) is 0 Å². The van der Waals surface area contributed by atoms with Crippen LogP contribution >= 0.6 is 0 Å². The van der Waals surface area contributed by atoms with Gasteiger partial charge in [0.05, 0.1) is 6.04 Å². The van der Waals surface area contributed by atoms with Gasteiger partial charge in [-0.25, -0.2) is 4.98 Å². The van der Waals surface area contributed by atoms with Gasteiger partial charge in [0.15, 0.2) is 0 Å². The maximum Gasteiger partial charge on any atom is 0.289 e. The van der Waals surface area contributed by atoms with Gasteiger partial charge < -0.3 is 5.32 Å². The first-order valence-electron chi connectivity index (χ1n) is 5.81. The Bertz CT molecular complexity index is 548. The number of rotatable bonds is 3. The minimum absolute atomic E-state index is 0.0671. The molecule has 0 aliphatic heterocycles. The number of hydrogen-bond acceptors (Lipinski definition) is 3. The molecule has 2 rings (SSSR count). The number of aromatic amines is 1. The van der Waals surface area contributed by atoms with Gasteiger partial charge in [0, 0.05) is 0 Å². The van der Waals surface area contributed by atoms with Crippen molar-refractivity contribution in [1.29, 1.82) is 0 Å². The molecule has 5 nitrogen and oxygen atoms in total. The van der Waals surface area contributed by atoms with Gasteiger partial charge in [-0.1, -0.05) is 23.8 Å². The summed E-state index contributed by atoms with van der Waals surface area (Å²) in [6, 6.07) is 6.13. The Morgan fingerprint density at radius 3 is 2.83 bits per heavy atom. The van der Waals surface area contributed by atoms with Crippen molar-refractivity contribution < 1.29 is 4.79 Å². The molecular formula is C13H16N4O. The van der Waals surface area contributed by atoms with Crippen molar-refractivity contribution in [2.75, 3.05) is 0 Å². The van der Waals surface area contributed by atoms with Crippen LogP contribution in [0, 0.1) is 13.8 Å². The standard InChI is InChI=1S/C13H16N4O/c1-8-4-5-9(2)11(6-8)10(3)16-13(18)12-14-7-15-17-12/h4-7,10H,1-3H3,(H,16,18)(H,14,15,17). The Morgan fingerprint density at radius 1 is 1.39 bits per heavy atom. The quantitative estimate of drug-likeness (QED) is 0.866. The molecule has 0 aliphatic rings. The molecule has 0 saturated carbocycles. The highest BCUT2D eigenvalue weighted by atomic mass is 16.2. The first-order valence-corrected chi connectivity index (χ1v) is 5.81. The van der Waals surface area contributed by atoms with E-state index < -0.39 is 0 Å². The van der Waals surface area contributed by atoms with Crippen LogP contribution in [0.5, 0.6) is 0 Å². The molecule has 0 aliphatic carbocycles. The zero-order chi connectivity index (χ0) is 13.1. The molecule has 18 heavy (non-hydrogen) atoms. The summed E-state index contributed by atoms with van der Waals surface area (Å²) in [7, 11) is 0. The Balaban J connectivity index is 2.14. The van der Waals surface area contributed by atoms with Crippen LogP contribution < -0.4 is 5.32 Å². The van der Waals surface area contributed by atoms with Gasteiger partial charge in [0.1, 0.15) is 6.33 Å². The number of carbonyl (C=O) groups is 1. The third-order valence-electron chi connectivity index (χ3n) is 2.88. The second kappa shape index (κ2) is 5.00. The minimum Gasteiger partial charge on any atom is -0.343 e. The smallest absolute Gasteiger partial charge is 0.289 e. The summed E-state index contributed by atoms with van der Waals surface area (Å²) in [4.78, 5) is 15.7. The SMILES string of the molecule is Cc1ccc(C)c(C(C)NC(=O)c2ncn[nH]2)c1. The zero-order valence-electron chi connectivity index (χ0n) is 10.7. The van der Waals surface area contributed by atoms with Gasteiger partial charge in [-0.3, -0.25) is 9.89 Å². The van der Waals surface area contributed by atoms with Crippen LogP contribution in [0.4, 0.5) is 0 Å². The first-order chi connectivity index (χ1) is 8.58. The molecule has 1 unspecified atom stereocenters. The van der Waals surface area contributed by atoms with Crippen LogP contribution in [-0.4, -0.2) is 21.1 Å². The monoisotopic (exact) mass is 244 g/mol. The van der Waals surface area contributed by atoms with Crippen molar-refractivity contribution in [3.63, 3.8) is 0 Å². The lowest BCUT2D eigenvalue weighted by Crippen LogP contribution is -2.28. The molecule has 0 saturated heterocycles. The fraction of sp³-hybridized carbons (Fsp3) is 0.308. The number of benzene rings is 1. The van der Waals surface area contributed by atoms with Crippen molar-refractivity contribution in [3.05, 3.63) is 47.0 Å². The number of H-pyrrole nitrogens is 1. The molecule has 2 N–H and O–H groups in total. The molecule has 1 amide bonds. The fourth-order valence-electron chi connectivity index (χ4n) is 1.88. The average molecular weight is 244 g/mol. The number of carbonyl (C=O) groups excluding carboxylic acids is 1. The van der Waals surface area contributed by atoms with E-state index in [9.17, 15) is 4.79 Å². The number of nitrogens with zero attached hydrogens (tertiary/aromatic N) is 2. The molecule has 0 radical (unpaired) electrons. The van der Waals surface area contributed by atoms with E-state index in [0.29, 0.717) is 0 Å². The Kier molecular flexibility index (Phi) is 3.41. The summed E-state index contributed by atoms with van der Waals surface area (Å²) in [5.74, 6) is -0.0203. The number of aromatic nitrogens is 3. The van der Waals surface area contributed by atoms with Crippen LogP contribution in [0.25, 0.3) is 0 Å². The highest BCUT2D eigenvalue weighted by molar-refractivity contribution is 5.90. The molecule has 2 aromatic rings.